The summed E-state index contributed by atoms with van der Waals surface area (Å²) in [5.74, 6) is 0. The van der Waals surface area contributed by atoms with Crippen molar-refractivity contribution in [3.8, 4) is 0 Å². The number of nitrogens with zero attached hydrogens (tertiary/aromatic N) is 2. The Bertz CT molecular complexity index is 521. The molecule has 0 aromatic carbocycles. The van der Waals surface area contributed by atoms with E-state index >= 15 is 0 Å². The molecule has 0 amide bonds. The Morgan fingerprint density at radius 2 is 2.05 bits per heavy atom. The second kappa shape index (κ2) is 5.67. The summed E-state index contributed by atoms with van der Waals surface area (Å²) in [5, 5.41) is 5.56. The highest BCUT2D eigenvalue weighted by Crippen LogP contribution is 2.35. The van der Waals surface area contributed by atoms with Crippen LogP contribution in [0.25, 0.3) is 0 Å². The van der Waals surface area contributed by atoms with E-state index in [4.69, 9.17) is 4.98 Å². The third kappa shape index (κ3) is 3.60. The van der Waals surface area contributed by atoms with E-state index in [1.807, 2.05) is 0 Å². The Kier molecular flexibility index (Phi) is 4.36. The molecule has 1 aromatic heterocycles. The monoisotopic (exact) mass is 295 g/mol. The quantitative estimate of drug-likeness (QED) is 0.901. The molecular formula is C14H21N3S2. The SMILES string of the molecule is CC1=NCCNC(C)=C1Sc1nc(C(C)(C)C)cs1. The van der Waals surface area contributed by atoms with Crippen LogP contribution in [0.2, 0.25) is 0 Å². The fourth-order valence-electron chi connectivity index (χ4n) is 1.78. The Morgan fingerprint density at radius 1 is 1.32 bits per heavy atom. The van der Waals surface area contributed by atoms with Gasteiger partial charge < -0.3 is 5.32 Å². The normalized spacial score (nSPS) is 17.0. The highest BCUT2D eigenvalue weighted by molar-refractivity contribution is 8.05. The molecule has 5 heteroatoms. The van der Waals surface area contributed by atoms with Gasteiger partial charge in [-0.15, -0.1) is 11.3 Å². The van der Waals surface area contributed by atoms with Gasteiger partial charge in [0.15, 0.2) is 4.34 Å². The lowest BCUT2D eigenvalue weighted by Crippen LogP contribution is -2.14. The van der Waals surface area contributed by atoms with Crippen LogP contribution in [0.4, 0.5) is 0 Å². The zero-order valence-corrected chi connectivity index (χ0v) is 13.8. The van der Waals surface area contributed by atoms with Crippen LogP contribution in [0, 0.1) is 0 Å². The van der Waals surface area contributed by atoms with Gasteiger partial charge in [-0.25, -0.2) is 4.98 Å². The van der Waals surface area contributed by atoms with Crippen molar-refractivity contribution in [1.29, 1.82) is 0 Å². The lowest BCUT2D eigenvalue weighted by molar-refractivity contribution is 0.569. The molecule has 0 saturated heterocycles. The van der Waals surface area contributed by atoms with Crippen LogP contribution in [-0.4, -0.2) is 23.8 Å². The molecular weight excluding hydrogens is 274 g/mol. The lowest BCUT2D eigenvalue weighted by Gasteiger charge is -2.14. The molecule has 19 heavy (non-hydrogen) atoms. The van der Waals surface area contributed by atoms with Crippen molar-refractivity contribution >= 4 is 28.8 Å². The third-order valence-corrected chi connectivity index (χ3v) is 5.21. The zero-order chi connectivity index (χ0) is 14.0. The minimum atomic E-state index is 0.115. The standard InChI is InChI=1S/C14H21N3S2/c1-9-12(10(2)16-7-6-15-9)19-13-17-11(8-18-13)14(3,4)5/h8,15H,6-7H2,1-5H3. The molecule has 2 heterocycles. The summed E-state index contributed by atoms with van der Waals surface area (Å²) in [7, 11) is 0. The van der Waals surface area contributed by atoms with E-state index in [9.17, 15) is 0 Å². The number of allylic oxidation sites excluding steroid dienone is 2. The van der Waals surface area contributed by atoms with Crippen LogP contribution < -0.4 is 5.32 Å². The predicted molar refractivity (Wildman–Crippen MR) is 85.3 cm³/mol. The Hall–Kier alpha value is -0.810. The van der Waals surface area contributed by atoms with Crippen LogP contribution in [0.5, 0.6) is 0 Å². The maximum Gasteiger partial charge on any atom is 0.155 e. The molecule has 0 spiro atoms. The Labute approximate surface area is 123 Å². The number of thioether (sulfide) groups is 1. The van der Waals surface area contributed by atoms with E-state index in [0.29, 0.717) is 0 Å². The number of rotatable bonds is 2. The van der Waals surface area contributed by atoms with Gasteiger partial charge in [0.25, 0.3) is 0 Å². The van der Waals surface area contributed by atoms with E-state index in [1.165, 1.54) is 10.6 Å². The number of nitrogens with one attached hydrogen (secondary N) is 1. The maximum atomic E-state index is 4.74. The molecule has 0 aliphatic carbocycles. The topological polar surface area (TPSA) is 37.3 Å². The Balaban J connectivity index is 2.23. The van der Waals surface area contributed by atoms with E-state index in [0.717, 1.165) is 28.8 Å². The number of hydrogen-bond acceptors (Lipinski definition) is 5. The van der Waals surface area contributed by atoms with Crippen molar-refractivity contribution < 1.29 is 0 Å². The van der Waals surface area contributed by atoms with Crippen LogP contribution in [0.15, 0.2) is 25.3 Å². The maximum absolute atomic E-state index is 4.74. The summed E-state index contributed by atoms with van der Waals surface area (Å²) in [4.78, 5) is 10.5. The first-order valence-corrected chi connectivity index (χ1v) is 8.17. The first-order valence-electron chi connectivity index (χ1n) is 6.48. The first-order chi connectivity index (χ1) is 8.88. The summed E-state index contributed by atoms with van der Waals surface area (Å²) < 4.78 is 1.09. The van der Waals surface area contributed by atoms with Gasteiger partial charge in [-0.2, -0.15) is 0 Å². The number of thiazole rings is 1. The minimum Gasteiger partial charge on any atom is -0.386 e. The summed E-state index contributed by atoms with van der Waals surface area (Å²) in [6.45, 7) is 12.5. The summed E-state index contributed by atoms with van der Waals surface area (Å²) in [6, 6.07) is 0. The Morgan fingerprint density at radius 3 is 2.68 bits per heavy atom. The van der Waals surface area contributed by atoms with Gasteiger partial charge in [0.2, 0.25) is 0 Å². The van der Waals surface area contributed by atoms with Crippen LogP contribution in [0.1, 0.15) is 40.3 Å². The second-order valence-corrected chi connectivity index (χ2v) is 7.81. The van der Waals surface area contributed by atoms with E-state index < -0.39 is 0 Å². The van der Waals surface area contributed by atoms with Crippen molar-refractivity contribution in [2.24, 2.45) is 4.99 Å². The largest absolute Gasteiger partial charge is 0.386 e. The summed E-state index contributed by atoms with van der Waals surface area (Å²) >= 11 is 3.44. The van der Waals surface area contributed by atoms with Gasteiger partial charge in [0, 0.05) is 28.7 Å². The summed E-state index contributed by atoms with van der Waals surface area (Å²) in [5.41, 5.74) is 3.59. The van der Waals surface area contributed by atoms with E-state index in [2.05, 4.69) is 50.3 Å². The van der Waals surface area contributed by atoms with Crippen LogP contribution in [-0.2, 0) is 5.41 Å². The average Bonchev–Trinajstić information content (AvgIpc) is 2.73. The number of aromatic nitrogens is 1. The highest BCUT2D eigenvalue weighted by Gasteiger charge is 2.19. The molecule has 0 atom stereocenters. The van der Waals surface area contributed by atoms with Gasteiger partial charge >= 0.3 is 0 Å². The molecule has 3 nitrogen and oxygen atoms in total. The van der Waals surface area contributed by atoms with Crippen molar-refractivity contribution in [3.05, 3.63) is 21.7 Å². The summed E-state index contributed by atoms with van der Waals surface area (Å²) in [6.07, 6.45) is 0. The van der Waals surface area contributed by atoms with E-state index in [-0.39, 0.29) is 5.41 Å². The third-order valence-electron chi connectivity index (χ3n) is 2.96. The molecule has 1 aliphatic rings. The highest BCUT2D eigenvalue weighted by atomic mass is 32.2. The fraction of sp³-hybridized carbons (Fsp3) is 0.571. The van der Waals surface area contributed by atoms with E-state index in [1.54, 1.807) is 23.1 Å². The fourth-order valence-corrected chi connectivity index (χ4v) is 3.89. The smallest absolute Gasteiger partial charge is 0.155 e. The molecule has 1 N–H and O–H groups in total. The molecule has 0 bridgehead atoms. The molecule has 0 fully saturated rings. The molecule has 0 unspecified atom stereocenters. The minimum absolute atomic E-state index is 0.115. The van der Waals surface area contributed by atoms with Gasteiger partial charge in [0.05, 0.1) is 17.1 Å². The molecule has 104 valence electrons. The number of aliphatic imine (C=N–C) groups is 1. The predicted octanol–water partition coefficient (Wildman–Crippen LogP) is 3.83. The van der Waals surface area contributed by atoms with Crippen molar-refractivity contribution in [3.63, 3.8) is 0 Å². The van der Waals surface area contributed by atoms with Crippen molar-refractivity contribution in [2.45, 2.75) is 44.4 Å². The molecule has 0 saturated carbocycles. The lowest BCUT2D eigenvalue weighted by atomic mass is 9.93. The average molecular weight is 295 g/mol. The van der Waals surface area contributed by atoms with Gasteiger partial charge in [-0.05, 0) is 13.8 Å². The molecule has 1 aliphatic heterocycles. The van der Waals surface area contributed by atoms with Crippen molar-refractivity contribution in [1.82, 2.24) is 10.3 Å². The molecule has 1 aromatic rings. The molecule has 2 rings (SSSR count). The second-order valence-electron chi connectivity index (χ2n) is 5.70. The van der Waals surface area contributed by atoms with Gasteiger partial charge in [0.1, 0.15) is 0 Å². The first kappa shape index (κ1) is 14.6. The van der Waals surface area contributed by atoms with Gasteiger partial charge in [-0.1, -0.05) is 32.5 Å². The number of hydrogen-bond donors (Lipinski definition) is 1. The molecule has 0 radical (unpaired) electrons. The zero-order valence-electron chi connectivity index (χ0n) is 12.2. The van der Waals surface area contributed by atoms with Crippen LogP contribution in [0.3, 0.4) is 0 Å². The van der Waals surface area contributed by atoms with Crippen LogP contribution >= 0.6 is 23.1 Å². The van der Waals surface area contributed by atoms with Gasteiger partial charge in [-0.3, -0.25) is 4.99 Å². The van der Waals surface area contributed by atoms with Crippen molar-refractivity contribution in [2.75, 3.05) is 13.1 Å².